The van der Waals surface area contributed by atoms with Crippen molar-refractivity contribution >= 4 is 15.9 Å². The van der Waals surface area contributed by atoms with E-state index < -0.39 is 10.0 Å². The zero-order valence-electron chi connectivity index (χ0n) is 14.5. The van der Waals surface area contributed by atoms with Gasteiger partial charge in [-0.3, -0.25) is 9.69 Å². The normalized spacial score (nSPS) is 28.9. The van der Waals surface area contributed by atoms with Crippen LogP contribution in [0.15, 0.2) is 0 Å². The van der Waals surface area contributed by atoms with Crippen LogP contribution in [-0.4, -0.2) is 93.2 Å². The van der Waals surface area contributed by atoms with Crippen molar-refractivity contribution in [2.24, 2.45) is 5.92 Å². The average Bonchev–Trinajstić information content (AvgIpc) is 2.61. The van der Waals surface area contributed by atoms with Gasteiger partial charge in [0, 0.05) is 38.8 Å². The number of nitrogens with zero attached hydrogens (tertiary/aromatic N) is 3. The van der Waals surface area contributed by atoms with Crippen molar-refractivity contribution in [2.75, 3.05) is 58.7 Å². The predicted octanol–water partition coefficient (Wildman–Crippen LogP) is -0.0188. The van der Waals surface area contributed by atoms with Crippen LogP contribution in [0.3, 0.4) is 0 Å². The highest BCUT2D eigenvalue weighted by atomic mass is 32.2. The molecule has 3 aliphatic heterocycles. The monoisotopic (exact) mass is 359 g/mol. The average molecular weight is 359 g/mol. The van der Waals surface area contributed by atoms with E-state index in [9.17, 15) is 13.2 Å². The Morgan fingerprint density at radius 3 is 2.29 bits per heavy atom. The van der Waals surface area contributed by atoms with E-state index in [4.69, 9.17) is 4.74 Å². The molecule has 0 radical (unpaired) electrons. The van der Waals surface area contributed by atoms with Gasteiger partial charge in [0.1, 0.15) is 0 Å². The molecule has 0 aromatic carbocycles. The van der Waals surface area contributed by atoms with Crippen molar-refractivity contribution in [1.29, 1.82) is 0 Å². The zero-order valence-corrected chi connectivity index (χ0v) is 15.3. The minimum atomic E-state index is -3.08. The van der Waals surface area contributed by atoms with Gasteiger partial charge in [-0.05, 0) is 32.2 Å². The molecule has 0 spiro atoms. The molecule has 138 valence electrons. The summed E-state index contributed by atoms with van der Waals surface area (Å²) in [6, 6.07) is 0.406. The smallest absolute Gasteiger partial charge is 0.227 e. The number of likely N-dealkylation sites (tertiary alicyclic amines) is 1. The number of amides is 1. The summed E-state index contributed by atoms with van der Waals surface area (Å²) in [5.41, 5.74) is 0. The lowest BCUT2D eigenvalue weighted by atomic mass is 9.93. The first-order chi connectivity index (χ1) is 11.4. The first-order valence-corrected chi connectivity index (χ1v) is 10.9. The summed E-state index contributed by atoms with van der Waals surface area (Å²) >= 11 is 0. The molecule has 3 aliphatic rings. The van der Waals surface area contributed by atoms with E-state index in [2.05, 4.69) is 4.90 Å². The second-order valence-electron chi connectivity index (χ2n) is 7.16. The molecule has 1 atom stereocenters. The maximum Gasteiger partial charge on any atom is 0.227 e. The van der Waals surface area contributed by atoms with Crippen molar-refractivity contribution in [3.63, 3.8) is 0 Å². The molecule has 0 aliphatic carbocycles. The van der Waals surface area contributed by atoms with Gasteiger partial charge < -0.3 is 9.64 Å². The third-order valence-corrected chi connectivity index (χ3v) is 6.84. The molecule has 7 nitrogen and oxygen atoms in total. The number of hydrogen-bond acceptors (Lipinski definition) is 5. The molecule has 0 N–H and O–H groups in total. The number of sulfonamides is 1. The van der Waals surface area contributed by atoms with Crippen LogP contribution in [0, 0.1) is 5.92 Å². The zero-order chi connectivity index (χ0) is 17.2. The number of rotatable bonds is 3. The maximum absolute atomic E-state index is 12.7. The number of ether oxygens (including phenoxy) is 1. The molecule has 0 unspecified atom stereocenters. The van der Waals surface area contributed by atoms with Crippen LogP contribution < -0.4 is 0 Å². The summed E-state index contributed by atoms with van der Waals surface area (Å²) in [5, 5.41) is 0. The molecule has 0 bridgehead atoms. The highest BCUT2D eigenvalue weighted by molar-refractivity contribution is 7.88. The highest BCUT2D eigenvalue weighted by Crippen LogP contribution is 2.26. The lowest BCUT2D eigenvalue weighted by molar-refractivity contribution is -0.141. The second-order valence-corrected chi connectivity index (χ2v) is 9.15. The van der Waals surface area contributed by atoms with Gasteiger partial charge in [-0.2, -0.15) is 0 Å². The Morgan fingerprint density at radius 1 is 1.00 bits per heavy atom. The quantitative estimate of drug-likeness (QED) is 0.708. The fraction of sp³-hybridized carbons (Fsp3) is 0.938. The van der Waals surface area contributed by atoms with Crippen LogP contribution in [0.4, 0.5) is 0 Å². The Hall–Kier alpha value is -0.700. The van der Waals surface area contributed by atoms with Crippen LogP contribution in [0.25, 0.3) is 0 Å². The number of hydrogen-bond donors (Lipinski definition) is 0. The maximum atomic E-state index is 12.7. The number of carbonyl (C=O) groups is 1. The van der Waals surface area contributed by atoms with Crippen molar-refractivity contribution in [2.45, 2.75) is 31.7 Å². The Morgan fingerprint density at radius 2 is 1.67 bits per heavy atom. The fourth-order valence-electron chi connectivity index (χ4n) is 4.12. The van der Waals surface area contributed by atoms with E-state index in [1.807, 2.05) is 4.90 Å². The van der Waals surface area contributed by atoms with Gasteiger partial charge in [-0.1, -0.05) is 0 Å². The summed E-state index contributed by atoms with van der Waals surface area (Å²) in [4.78, 5) is 17.1. The summed E-state index contributed by atoms with van der Waals surface area (Å²) < 4.78 is 30.2. The van der Waals surface area contributed by atoms with E-state index in [-0.39, 0.29) is 11.8 Å². The summed E-state index contributed by atoms with van der Waals surface area (Å²) in [6.45, 7) is 5.75. The number of carbonyl (C=O) groups excluding carboxylic acids is 1. The van der Waals surface area contributed by atoms with E-state index >= 15 is 0 Å². The number of morpholine rings is 1. The van der Waals surface area contributed by atoms with E-state index in [0.29, 0.717) is 45.4 Å². The summed E-state index contributed by atoms with van der Waals surface area (Å²) in [6.07, 6.45) is 5.03. The number of piperidine rings is 2. The van der Waals surface area contributed by atoms with Crippen LogP contribution in [0.1, 0.15) is 25.7 Å². The van der Waals surface area contributed by atoms with Gasteiger partial charge in [-0.25, -0.2) is 12.7 Å². The molecule has 24 heavy (non-hydrogen) atoms. The molecule has 0 saturated carbocycles. The molecule has 0 aromatic heterocycles. The van der Waals surface area contributed by atoms with Crippen molar-refractivity contribution < 1.29 is 17.9 Å². The van der Waals surface area contributed by atoms with Crippen LogP contribution in [0.2, 0.25) is 0 Å². The second kappa shape index (κ2) is 7.68. The van der Waals surface area contributed by atoms with Gasteiger partial charge in [0.25, 0.3) is 0 Å². The van der Waals surface area contributed by atoms with Gasteiger partial charge >= 0.3 is 0 Å². The van der Waals surface area contributed by atoms with E-state index in [0.717, 1.165) is 38.8 Å². The van der Waals surface area contributed by atoms with E-state index in [1.165, 1.54) is 6.26 Å². The van der Waals surface area contributed by atoms with Gasteiger partial charge in [0.2, 0.25) is 15.9 Å². The van der Waals surface area contributed by atoms with E-state index in [1.54, 1.807) is 4.31 Å². The minimum Gasteiger partial charge on any atom is -0.378 e. The molecule has 3 heterocycles. The molecule has 3 saturated heterocycles. The lowest BCUT2D eigenvalue weighted by Crippen LogP contribution is -2.52. The van der Waals surface area contributed by atoms with Crippen LogP contribution >= 0.6 is 0 Å². The Balaban J connectivity index is 1.53. The minimum absolute atomic E-state index is 0.0878. The first-order valence-electron chi connectivity index (χ1n) is 9.01. The van der Waals surface area contributed by atoms with Crippen molar-refractivity contribution in [3.05, 3.63) is 0 Å². The summed E-state index contributed by atoms with van der Waals surface area (Å²) in [5.74, 6) is 0.362. The Bertz CT molecular complexity index is 540. The van der Waals surface area contributed by atoms with Gasteiger partial charge in [-0.15, -0.1) is 0 Å². The molecule has 1 amide bonds. The molecule has 0 aromatic rings. The Labute approximate surface area is 145 Å². The third-order valence-electron chi connectivity index (χ3n) is 5.53. The van der Waals surface area contributed by atoms with Crippen LogP contribution in [0.5, 0.6) is 0 Å². The first kappa shape index (κ1) is 18.1. The van der Waals surface area contributed by atoms with Crippen molar-refractivity contribution in [3.8, 4) is 0 Å². The molecular weight excluding hydrogens is 330 g/mol. The SMILES string of the molecule is CS(=O)(=O)N1CCC(N2CCC[C@@H](C(=O)N3CCOCC3)C2)CC1. The molecule has 8 heteroatoms. The molecule has 3 fully saturated rings. The topological polar surface area (TPSA) is 70.2 Å². The fourth-order valence-corrected chi connectivity index (χ4v) is 4.99. The lowest BCUT2D eigenvalue weighted by Gasteiger charge is -2.42. The largest absolute Gasteiger partial charge is 0.378 e. The summed E-state index contributed by atoms with van der Waals surface area (Å²) in [7, 11) is -3.08. The van der Waals surface area contributed by atoms with Gasteiger partial charge in [0.05, 0.1) is 25.4 Å². The van der Waals surface area contributed by atoms with Crippen molar-refractivity contribution in [1.82, 2.24) is 14.1 Å². The third kappa shape index (κ3) is 4.28. The molecular formula is C16H29N3O4S. The van der Waals surface area contributed by atoms with Crippen LogP contribution in [-0.2, 0) is 19.6 Å². The molecule has 3 rings (SSSR count). The highest BCUT2D eigenvalue weighted by Gasteiger charge is 2.34. The predicted molar refractivity (Wildman–Crippen MR) is 91.1 cm³/mol. The standard InChI is InChI=1S/C16H29N3O4S/c1-24(21,22)19-7-4-15(5-8-19)18-6-2-3-14(13-18)16(20)17-9-11-23-12-10-17/h14-15H,2-13H2,1H3/t14-/m1/s1. The van der Waals surface area contributed by atoms with Gasteiger partial charge in [0.15, 0.2) is 0 Å². The Kier molecular flexibility index (Phi) is 5.79.